The van der Waals surface area contributed by atoms with E-state index in [-0.39, 0.29) is 11.9 Å². The summed E-state index contributed by atoms with van der Waals surface area (Å²) < 4.78 is 10.2. The molecular weight excluding hydrogens is 206 g/mol. The summed E-state index contributed by atoms with van der Waals surface area (Å²) in [5, 5.41) is 0. The Balaban J connectivity index is 2.65. The molecule has 4 nitrogen and oxygen atoms in total. The molecule has 1 unspecified atom stereocenters. The van der Waals surface area contributed by atoms with Crippen LogP contribution in [0.25, 0.3) is 0 Å². The molecule has 1 rings (SSSR count). The minimum Gasteiger partial charge on any atom is -0.494 e. The number of ketones is 1. The number of Topliss-reactive ketones (excluding diaryl/α,β-unsaturated/α-hetero) is 1. The van der Waals surface area contributed by atoms with E-state index in [1.54, 1.807) is 25.4 Å². The first kappa shape index (κ1) is 12.6. The van der Waals surface area contributed by atoms with Crippen molar-refractivity contribution in [2.45, 2.75) is 25.9 Å². The smallest absolute Gasteiger partial charge is 0.185 e. The van der Waals surface area contributed by atoms with Gasteiger partial charge in [-0.2, -0.15) is 0 Å². The van der Waals surface area contributed by atoms with Crippen molar-refractivity contribution >= 4 is 5.78 Å². The Bertz CT molecular complexity index is 352. The Labute approximate surface area is 95.6 Å². The van der Waals surface area contributed by atoms with Gasteiger partial charge in [-0.15, -0.1) is 0 Å². The summed E-state index contributed by atoms with van der Waals surface area (Å²) in [7, 11) is 3.17. The minimum absolute atomic E-state index is 0.0126. The Morgan fingerprint density at radius 2 is 2.25 bits per heavy atom. The molecule has 1 aromatic heterocycles. The summed E-state index contributed by atoms with van der Waals surface area (Å²) in [4.78, 5) is 15.9. The molecule has 16 heavy (non-hydrogen) atoms. The van der Waals surface area contributed by atoms with Crippen LogP contribution in [0.1, 0.15) is 30.3 Å². The standard InChI is InChI=1S/C12H17NO3/c1-9(15-2)6-7-10(14)12-11(16-3)5-4-8-13-12/h4-5,8-9H,6-7H2,1-3H3. The quantitative estimate of drug-likeness (QED) is 0.693. The lowest BCUT2D eigenvalue weighted by atomic mass is 10.1. The van der Waals surface area contributed by atoms with E-state index in [1.165, 1.54) is 7.11 Å². The molecule has 0 radical (unpaired) electrons. The average Bonchev–Trinajstić information content (AvgIpc) is 2.35. The number of carbonyl (C=O) groups is 1. The van der Waals surface area contributed by atoms with Crippen LogP contribution in [0.5, 0.6) is 5.75 Å². The summed E-state index contributed by atoms with van der Waals surface area (Å²) in [6.45, 7) is 1.93. The van der Waals surface area contributed by atoms with Gasteiger partial charge in [-0.25, -0.2) is 4.98 Å². The van der Waals surface area contributed by atoms with Crippen molar-refractivity contribution in [1.29, 1.82) is 0 Å². The molecule has 4 heteroatoms. The maximum absolute atomic E-state index is 11.8. The SMILES string of the molecule is COc1cccnc1C(=O)CCC(C)OC. The summed E-state index contributed by atoms with van der Waals surface area (Å²) in [6.07, 6.45) is 2.78. The third-order valence-electron chi connectivity index (χ3n) is 2.44. The molecule has 0 aromatic carbocycles. The first-order valence-electron chi connectivity index (χ1n) is 5.24. The van der Waals surface area contributed by atoms with Crippen LogP contribution in [-0.4, -0.2) is 31.1 Å². The Morgan fingerprint density at radius 3 is 2.88 bits per heavy atom. The summed E-state index contributed by atoms with van der Waals surface area (Å²) in [5.74, 6) is 0.513. The molecular formula is C12H17NO3. The van der Waals surface area contributed by atoms with Gasteiger partial charge in [-0.3, -0.25) is 4.79 Å². The monoisotopic (exact) mass is 223 g/mol. The molecule has 0 N–H and O–H groups in total. The van der Waals surface area contributed by atoms with Gasteiger partial charge in [-0.05, 0) is 25.5 Å². The third kappa shape index (κ3) is 3.31. The molecule has 1 aromatic rings. The molecule has 0 amide bonds. The highest BCUT2D eigenvalue weighted by Gasteiger charge is 2.14. The maximum Gasteiger partial charge on any atom is 0.185 e. The highest BCUT2D eigenvalue weighted by molar-refractivity contribution is 5.96. The van der Waals surface area contributed by atoms with Gasteiger partial charge in [0.1, 0.15) is 11.4 Å². The van der Waals surface area contributed by atoms with Crippen molar-refractivity contribution in [3.63, 3.8) is 0 Å². The largest absolute Gasteiger partial charge is 0.494 e. The number of ether oxygens (including phenoxy) is 2. The van der Waals surface area contributed by atoms with Gasteiger partial charge >= 0.3 is 0 Å². The van der Waals surface area contributed by atoms with Crippen LogP contribution in [-0.2, 0) is 4.74 Å². The number of pyridine rings is 1. The third-order valence-corrected chi connectivity index (χ3v) is 2.44. The molecule has 1 heterocycles. The summed E-state index contributed by atoms with van der Waals surface area (Å²) >= 11 is 0. The fraction of sp³-hybridized carbons (Fsp3) is 0.500. The van der Waals surface area contributed by atoms with E-state index in [0.717, 1.165) is 0 Å². The Hall–Kier alpha value is -1.42. The van der Waals surface area contributed by atoms with Gasteiger partial charge in [0.25, 0.3) is 0 Å². The highest BCUT2D eigenvalue weighted by atomic mass is 16.5. The van der Waals surface area contributed by atoms with Crippen LogP contribution in [0, 0.1) is 0 Å². The van der Waals surface area contributed by atoms with E-state index in [0.29, 0.717) is 24.3 Å². The number of methoxy groups -OCH3 is 2. The average molecular weight is 223 g/mol. The first-order chi connectivity index (χ1) is 7.69. The van der Waals surface area contributed by atoms with Crippen LogP contribution in [0.2, 0.25) is 0 Å². The number of rotatable bonds is 6. The second-order valence-electron chi connectivity index (χ2n) is 3.56. The lowest BCUT2D eigenvalue weighted by Crippen LogP contribution is -2.10. The second kappa shape index (κ2) is 6.23. The van der Waals surface area contributed by atoms with E-state index >= 15 is 0 Å². The van der Waals surface area contributed by atoms with E-state index in [4.69, 9.17) is 9.47 Å². The van der Waals surface area contributed by atoms with Crippen LogP contribution < -0.4 is 4.74 Å². The van der Waals surface area contributed by atoms with Crippen molar-refractivity contribution in [2.75, 3.05) is 14.2 Å². The summed E-state index contributed by atoms with van der Waals surface area (Å²) in [5.41, 5.74) is 0.397. The molecule has 0 saturated heterocycles. The van der Waals surface area contributed by atoms with Crippen molar-refractivity contribution in [1.82, 2.24) is 4.98 Å². The molecule has 0 spiro atoms. The van der Waals surface area contributed by atoms with Gasteiger partial charge in [0.2, 0.25) is 0 Å². The van der Waals surface area contributed by atoms with Gasteiger partial charge < -0.3 is 9.47 Å². The predicted molar refractivity (Wildman–Crippen MR) is 60.8 cm³/mol. The predicted octanol–water partition coefficient (Wildman–Crippen LogP) is 2.09. The van der Waals surface area contributed by atoms with Crippen LogP contribution in [0.4, 0.5) is 0 Å². The Morgan fingerprint density at radius 1 is 1.50 bits per heavy atom. The number of hydrogen-bond acceptors (Lipinski definition) is 4. The molecule has 0 aliphatic rings. The second-order valence-corrected chi connectivity index (χ2v) is 3.56. The molecule has 0 aliphatic heterocycles. The first-order valence-corrected chi connectivity index (χ1v) is 5.24. The number of nitrogens with zero attached hydrogens (tertiary/aromatic N) is 1. The zero-order valence-electron chi connectivity index (χ0n) is 9.90. The number of aromatic nitrogens is 1. The lowest BCUT2D eigenvalue weighted by molar-refractivity contribution is 0.0871. The fourth-order valence-electron chi connectivity index (χ4n) is 1.34. The van der Waals surface area contributed by atoms with Crippen molar-refractivity contribution in [2.24, 2.45) is 0 Å². The van der Waals surface area contributed by atoms with Crippen LogP contribution >= 0.6 is 0 Å². The van der Waals surface area contributed by atoms with E-state index in [9.17, 15) is 4.79 Å². The molecule has 0 aliphatic carbocycles. The normalized spacial score (nSPS) is 12.2. The van der Waals surface area contributed by atoms with Crippen molar-refractivity contribution in [3.8, 4) is 5.75 Å². The van der Waals surface area contributed by atoms with Gasteiger partial charge in [-0.1, -0.05) is 0 Å². The topological polar surface area (TPSA) is 48.4 Å². The number of carbonyl (C=O) groups excluding carboxylic acids is 1. The number of hydrogen-bond donors (Lipinski definition) is 0. The van der Waals surface area contributed by atoms with E-state index in [2.05, 4.69) is 4.98 Å². The maximum atomic E-state index is 11.8. The highest BCUT2D eigenvalue weighted by Crippen LogP contribution is 2.17. The zero-order chi connectivity index (χ0) is 12.0. The van der Waals surface area contributed by atoms with Gasteiger partial charge in [0.15, 0.2) is 5.78 Å². The lowest BCUT2D eigenvalue weighted by Gasteiger charge is -2.09. The molecule has 0 fully saturated rings. The molecule has 1 atom stereocenters. The Kier molecular flexibility index (Phi) is 4.92. The fourth-order valence-corrected chi connectivity index (χ4v) is 1.34. The van der Waals surface area contributed by atoms with Crippen LogP contribution in [0.15, 0.2) is 18.3 Å². The molecule has 0 saturated carbocycles. The van der Waals surface area contributed by atoms with Crippen LogP contribution in [0.3, 0.4) is 0 Å². The summed E-state index contributed by atoms with van der Waals surface area (Å²) in [6, 6.07) is 3.48. The van der Waals surface area contributed by atoms with E-state index < -0.39 is 0 Å². The van der Waals surface area contributed by atoms with Crippen molar-refractivity contribution < 1.29 is 14.3 Å². The zero-order valence-corrected chi connectivity index (χ0v) is 9.90. The minimum atomic E-state index is -0.0126. The molecule has 88 valence electrons. The van der Waals surface area contributed by atoms with Gasteiger partial charge in [0, 0.05) is 19.7 Å². The molecule has 0 bridgehead atoms. The van der Waals surface area contributed by atoms with Gasteiger partial charge in [0.05, 0.1) is 13.2 Å². The van der Waals surface area contributed by atoms with Crippen molar-refractivity contribution in [3.05, 3.63) is 24.0 Å². The van der Waals surface area contributed by atoms with E-state index in [1.807, 2.05) is 6.92 Å².